The van der Waals surface area contributed by atoms with Crippen LogP contribution in [0.4, 0.5) is 10.6 Å². The Morgan fingerprint density at radius 1 is 1.10 bits per heavy atom. The first kappa shape index (κ1) is 20.2. The van der Waals surface area contributed by atoms with Crippen LogP contribution in [-0.2, 0) is 18.3 Å². The first-order valence-electron chi connectivity index (χ1n) is 10.3. The number of hydrogen-bond donors (Lipinski definition) is 0. The molecule has 160 valence electrons. The molecular weight excluding hydrogens is 384 g/mol. The summed E-state index contributed by atoms with van der Waals surface area (Å²) in [4.78, 5) is 37.7. The van der Waals surface area contributed by atoms with Gasteiger partial charge < -0.3 is 14.5 Å². The molecule has 4 rings (SSSR count). The topological polar surface area (TPSA) is 85.5 Å². The van der Waals surface area contributed by atoms with Crippen LogP contribution >= 0.6 is 0 Å². The van der Waals surface area contributed by atoms with Gasteiger partial charge in [0.15, 0.2) is 0 Å². The van der Waals surface area contributed by atoms with Crippen molar-refractivity contribution in [2.75, 3.05) is 31.1 Å². The highest BCUT2D eigenvalue weighted by Crippen LogP contribution is 2.28. The Labute approximate surface area is 174 Å². The van der Waals surface area contributed by atoms with Crippen molar-refractivity contribution in [1.82, 2.24) is 24.0 Å². The SMILES string of the molecule is CCn1c(=O)n(C)c2cc3c(N4CCN(C(=O)OC(C)(C)C)CC4)ncnc3cc21. The Bertz CT molecular complexity index is 1170. The Balaban J connectivity index is 1.65. The zero-order chi connectivity index (χ0) is 21.6. The summed E-state index contributed by atoms with van der Waals surface area (Å²) in [6.45, 7) is 10.6. The zero-order valence-corrected chi connectivity index (χ0v) is 18.2. The Hall–Kier alpha value is -3.10. The van der Waals surface area contributed by atoms with E-state index in [4.69, 9.17) is 4.74 Å². The van der Waals surface area contributed by atoms with E-state index >= 15 is 0 Å². The number of amides is 1. The number of aryl methyl sites for hydroxylation is 2. The van der Waals surface area contributed by atoms with E-state index in [-0.39, 0.29) is 11.8 Å². The molecule has 1 saturated heterocycles. The third-order valence-electron chi connectivity index (χ3n) is 5.43. The number of nitrogens with zero attached hydrogens (tertiary/aromatic N) is 6. The minimum Gasteiger partial charge on any atom is -0.444 e. The number of rotatable bonds is 2. The molecular formula is C21H28N6O3. The average molecular weight is 412 g/mol. The fourth-order valence-electron chi connectivity index (χ4n) is 3.92. The van der Waals surface area contributed by atoms with E-state index < -0.39 is 5.60 Å². The van der Waals surface area contributed by atoms with E-state index in [0.29, 0.717) is 32.7 Å². The molecule has 3 aromatic rings. The number of imidazole rings is 1. The Morgan fingerprint density at radius 3 is 2.43 bits per heavy atom. The lowest BCUT2D eigenvalue weighted by Crippen LogP contribution is -2.50. The first-order chi connectivity index (χ1) is 14.2. The van der Waals surface area contributed by atoms with Gasteiger partial charge >= 0.3 is 11.8 Å². The number of benzene rings is 1. The summed E-state index contributed by atoms with van der Waals surface area (Å²) in [6, 6.07) is 3.95. The molecule has 0 saturated carbocycles. The van der Waals surface area contributed by atoms with Crippen molar-refractivity contribution >= 4 is 33.8 Å². The lowest BCUT2D eigenvalue weighted by atomic mass is 10.2. The van der Waals surface area contributed by atoms with Gasteiger partial charge in [0, 0.05) is 45.2 Å². The number of piperazine rings is 1. The summed E-state index contributed by atoms with van der Waals surface area (Å²) in [5.74, 6) is 0.822. The molecule has 1 aromatic carbocycles. The molecule has 0 N–H and O–H groups in total. The largest absolute Gasteiger partial charge is 0.444 e. The molecule has 30 heavy (non-hydrogen) atoms. The Morgan fingerprint density at radius 2 is 1.80 bits per heavy atom. The minimum atomic E-state index is -0.507. The van der Waals surface area contributed by atoms with E-state index in [1.165, 1.54) is 0 Å². The van der Waals surface area contributed by atoms with Gasteiger partial charge in [0.25, 0.3) is 0 Å². The van der Waals surface area contributed by atoms with Crippen LogP contribution in [0.25, 0.3) is 21.9 Å². The summed E-state index contributed by atoms with van der Waals surface area (Å²) in [7, 11) is 1.78. The van der Waals surface area contributed by atoms with Crippen molar-refractivity contribution in [2.45, 2.75) is 39.8 Å². The second-order valence-electron chi connectivity index (χ2n) is 8.60. The smallest absolute Gasteiger partial charge is 0.410 e. The molecule has 9 heteroatoms. The van der Waals surface area contributed by atoms with Gasteiger partial charge in [-0.25, -0.2) is 19.6 Å². The molecule has 0 radical (unpaired) electrons. The van der Waals surface area contributed by atoms with E-state index in [1.54, 1.807) is 27.4 Å². The molecule has 1 aliphatic rings. The minimum absolute atomic E-state index is 0.0386. The van der Waals surface area contributed by atoms with Crippen molar-refractivity contribution in [1.29, 1.82) is 0 Å². The van der Waals surface area contributed by atoms with Crippen LogP contribution in [0.15, 0.2) is 23.3 Å². The number of carbonyl (C=O) groups is 1. The predicted octanol–water partition coefficient (Wildman–Crippen LogP) is 2.36. The standard InChI is InChI=1S/C21H28N6O3/c1-6-27-17-12-15-14(11-16(17)24(5)19(27)28)18(23-13-22-15)25-7-9-26(10-8-25)20(29)30-21(2,3)4/h11-13H,6-10H2,1-5H3. The van der Waals surface area contributed by atoms with Crippen molar-refractivity contribution in [2.24, 2.45) is 7.05 Å². The number of fused-ring (bicyclic) bond motifs is 2. The van der Waals surface area contributed by atoms with Gasteiger partial charge in [-0.1, -0.05) is 0 Å². The summed E-state index contributed by atoms with van der Waals surface area (Å²) < 4.78 is 8.89. The maximum atomic E-state index is 12.5. The van der Waals surface area contributed by atoms with Gasteiger partial charge in [-0.15, -0.1) is 0 Å². The number of anilines is 1. The van der Waals surface area contributed by atoms with Gasteiger partial charge in [0.2, 0.25) is 0 Å². The van der Waals surface area contributed by atoms with Crippen molar-refractivity contribution < 1.29 is 9.53 Å². The molecule has 1 amide bonds. The monoisotopic (exact) mass is 412 g/mol. The van der Waals surface area contributed by atoms with Crippen molar-refractivity contribution in [3.05, 3.63) is 28.9 Å². The number of hydrogen-bond acceptors (Lipinski definition) is 6. The van der Waals surface area contributed by atoms with Crippen molar-refractivity contribution in [3.8, 4) is 0 Å². The molecule has 1 fully saturated rings. The second-order valence-corrected chi connectivity index (χ2v) is 8.60. The highest BCUT2D eigenvalue weighted by atomic mass is 16.6. The van der Waals surface area contributed by atoms with E-state index in [2.05, 4.69) is 14.9 Å². The molecule has 0 bridgehead atoms. The second kappa shape index (κ2) is 7.30. The van der Waals surface area contributed by atoms with Gasteiger partial charge in [0.1, 0.15) is 17.7 Å². The van der Waals surface area contributed by atoms with E-state index in [1.807, 2.05) is 39.8 Å². The summed E-state index contributed by atoms with van der Waals surface area (Å²) in [5, 5.41) is 0.902. The van der Waals surface area contributed by atoms with E-state index in [0.717, 1.165) is 27.8 Å². The maximum Gasteiger partial charge on any atom is 0.410 e. The van der Waals surface area contributed by atoms with Gasteiger partial charge in [-0.2, -0.15) is 0 Å². The maximum absolute atomic E-state index is 12.5. The van der Waals surface area contributed by atoms with Gasteiger partial charge in [-0.3, -0.25) is 9.13 Å². The third-order valence-corrected chi connectivity index (χ3v) is 5.43. The van der Waals surface area contributed by atoms with Crippen LogP contribution in [0.5, 0.6) is 0 Å². The average Bonchev–Trinajstić information content (AvgIpc) is 2.94. The number of aromatic nitrogens is 4. The lowest BCUT2D eigenvalue weighted by molar-refractivity contribution is 0.0240. The van der Waals surface area contributed by atoms with Crippen LogP contribution in [0.3, 0.4) is 0 Å². The highest BCUT2D eigenvalue weighted by Gasteiger charge is 2.27. The predicted molar refractivity (Wildman–Crippen MR) is 116 cm³/mol. The Kier molecular flexibility index (Phi) is 4.91. The quantitative estimate of drug-likeness (QED) is 0.642. The number of ether oxygens (including phenoxy) is 1. The summed E-state index contributed by atoms with van der Waals surface area (Å²) in [5.41, 5.74) is 1.99. The molecule has 9 nitrogen and oxygen atoms in total. The van der Waals surface area contributed by atoms with Crippen LogP contribution in [0, 0.1) is 0 Å². The van der Waals surface area contributed by atoms with Crippen LogP contribution in [0.1, 0.15) is 27.7 Å². The molecule has 2 aromatic heterocycles. The summed E-state index contributed by atoms with van der Waals surface area (Å²) >= 11 is 0. The van der Waals surface area contributed by atoms with E-state index in [9.17, 15) is 9.59 Å². The first-order valence-corrected chi connectivity index (χ1v) is 10.3. The molecule has 0 unspecified atom stereocenters. The van der Waals surface area contributed by atoms with Crippen LogP contribution in [0.2, 0.25) is 0 Å². The van der Waals surface area contributed by atoms with Crippen molar-refractivity contribution in [3.63, 3.8) is 0 Å². The molecule has 0 spiro atoms. The zero-order valence-electron chi connectivity index (χ0n) is 18.2. The molecule has 3 heterocycles. The molecule has 0 aliphatic carbocycles. The fourth-order valence-corrected chi connectivity index (χ4v) is 3.92. The molecule has 1 aliphatic heterocycles. The summed E-state index contributed by atoms with van der Waals surface area (Å²) in [6.07, 6.45) is 1.27. The normalized spacial score (nSPS) is 15.2. The van der Waals surface area contributed by atoms with Gasteiger partial charge in [0.05, 0.1) is 16.6 Å². The molecule has 0 atom stereocenters. The van der Waals surface area contributed by atoms with Crippen LogP contribution < -0.4 is 10.6 Å². The lowest BCUT2D eigenvalue weighted by Gasteiger charge is -2.36. The third kappa shape index (κ3) is 3.48. The fraction of sp³-hybridized carbons (Fsp3) is 0.524. The highest BCUT2D eigenvalue weighted by molar-refractivity contribution is 5.99. The number of carbonyl (C=O) groups excluding carboxylic acids is 1. The van der Waals surface area contributed by atoms with Crippen LogP contribution in [-0.4, -0.2) is 61.9 Å². The van der Waals surface area contributed by atoms with Gasteiger partial charge in [-0.05, 0) is 39.8 Å².